The van der Waals surface area contributed by atoms with Crippen LogP contribution in [0.5, 0.6) is 5.75 Å². The second kappa shape index (κ2) is 8.13. The van der Waals surface area contributed by atoms with Crippen LogP contribution in [0, 0.1) is 0 Å². The molecule has 1 heterocycles. The minimum Gasteiger partial charge on any atom is -0.494 e. The summed E-state index contributed by atoms with van der Waals surface area (Å²) < 4.78 is 11.6. The number of nitrogens with one attached hydrogen (secondary N) is 1. The highest BCUT2D eigenvalue weighted by molar-refractivity contribution is 7.13. The Morgan fingerprint density at radius 1 is 1.12 bits per heavy atom. The predicted octanol–water partition coefficient (Wildman–Crippen LogP) is 4.24. The fraction of sp³-hybridized carbons (Fsp3) is 0.316. The minimum atomic E-state index is 0.695. The number of ether oxygens (including phenoxy) is 1. The van der Waals surface area contributed by atoms with E-state index in [1.165, 1.54) is 27.2 Å². The van der Waals surface area contributed by atoms with Gasteiger partial charge in [0.1, 0.15) is 11.6 Å². The van der Waals surface area contributed by atoms with Crippen LogP contribution in [0.1, 0.15) is 12.0 Å². The highest BCUT2D eigenvalue weighted by Crippen LogP contribution is 2.25. The maximum atomic E-state index is 5.86. The normalized spacial score (nSPS) is 11.1. The molecule has 3 rings (SSSR count). The van der Waals surface area contributed by atoms with Crippen molar-refractivity contribution in [1.29, 1.82) is 0 Å². The van der Waals surface area contributed by atoms with Crippen LogP contribution in [-0.2, 0) is 6.54 Å². The number of hydrogen-bond acceptors (Lipinski definition) is 5. The number of benzene rings is 2. The first kappa shape index (κ1) is 16.7. The minimum absolute atomic E-state index is 0.695. The summed E-state index contributed by atoms with van der Waals surface area (Å²) in [6.45, 7) is 2.47. The van der Waals surface area contributed by atoms with Gasteiger partial charge in [-0.3, -0.25) is 0 Å². The summed E-state index contributed by atoms with van der Waals surface area (Å²) in [5, 5.41) is 4.60. The van der Waals surface area contributed by atoms with Gasteiger partial charge in [0, 0.05) is 18.5 Å². The molecule has 0 spiro atoms. The van der Waals surface area contributed by atoms with E-state index >= 15 is 0 Å². The Morgan fingerprint density at radius 2 is 2.00 bits per heavy atom. The van der Waals surface area contributed by atoms with Gasteiger partial charge in [-0.2, -0.15) is 4.37 Å². The van der Waals surface area contributed by atoms with Crippen molar-refractivity contribution in [2.24, 2.45) is 0 Å². The first-order valence-corrected chi connectivity index (χ1v) is 8.94. The number of fused-ring (bicyclic) bond motifs is 1. The van der Waals surface area contributed by atoms with Gasteiger partial charge in [-0.05, 0) is 61.9 Å². The van der Waals surface area contributed by atoms with Crippen molar-refractivity contribution >= 4 is 27.4 Å². The zero-order chi connectivity index (χ0) is 16.8. The van der Waals surface area contributed by atoms with Crippen molar-refractivity contribution in [3.63, 3.8) is 0 Å². The van der Waals surface area contributed by atoms with Crippen molar-refractivity contribution < 1.29 is 4.74 Å². The van der Waals surface area contributed by atoms with Crippen LogP contribution in [0.25, 0.3) is 10.1 Å². The zero-order valence-corrected chi connectivity index (χ0v) is 15.0. The number of nitrogens with zero attached hydrogens (tertiary/aromatic N) is 2. The molecule has 0 unspecified atom stereocenters. The van der Waals surface area contributed by atoms with E-state index in [0.717, 1.165) is 31.1 Å². The summed E-state index contributed by atoms with van der Waals surface area (Å²) in [6.07, 6.45) is 0.934. The molecule has 0 saturated carbocycles. The molecule has 4 nitrogen and oxygen atoms in total. The highest BCUT2D eigenvalue weighted by atomic mass is 32.1. The van der Waals surface area contributed by atoms with Crippen LogP contribution >= 0.6 is 11.5 Å². The highest BCUT2D eigenvalue weighted by Gasteiger charge is 2.04. The fourth-order valence-electron chi connectivity index (χ4n) is 2.58. The second-order valence-corrected chi connectivity index (χ2v) is 6.85. The zero-order valence-electron chi connectivity index (χ0n) is 14.2. The van der Waals surface area contributed by atoms with Gasteiger partial charge >= 0.3 is 0 Å². The third-order valence-electron chi connectivity index (χ3n) is 3.66. The molecule has 0 atom stereocenters. The third kappa shape index (κ3) is 4.46. The van der Waals surface area contributed by atoms with Crippen LogP contribution in [0.2, 0.25) is 0 Å². The molecule has 2 aromatic carbocycles. The Bertz CT molecular complexity index is 785. The molecule has 3 aromatic rings. The number of aromatic nitrogens is 1. The molecular formula is C19H23N3OS. The van der Waals surface area contributed by atoms with Crippen molar-refractivity contribution in [2.75, 3.05) is 32.6 Å². The van der Waals surface area contributed by atoms with Crippen molar-refractivity contribution in [3.05, 3.63) is 54.1 Å². The van der Waals surface area contributed by atoms with E-state index in [1.54, 1.807) is 0 Å². The lowest BCUT2D eigenvalue weighted by atomic mass is 10.2. The molecule has 1 aromatic heterocycles. The van der Waals surface area contributed by atoms with Gasteiger partial charge in [-0.15, -0.1) is 0 Å². The summed E-state index contributed by atoms with van der Waals surface area (Å²) in [5.41, 5.74) is 1.27. The maximum absolute atomic E-state index is 5.86. The van der Waals surface area contributed by atoms with Crippen LogP contribution in [0.3, 0.4) is 0 Å². The van der Waals surface area contributed by atoms with E-state index in [9.17, 15) is 0 Å². The Balaban J connectivity index is 1.44. The van der Waals surface area contributed by atoms with E-state index in [4.69, 9.17) is 4.74 Å². The largest absolute Gasteiger partial charge is 0.494 e. The molecule has 5 heteroatoms. The van der Waals surface area contributed by atoms with Crippen molar-refractivity contribution in [3.8, 4) is 5.75 Å². The van der Waals surface area contributed by atoms with Gasteiger partial charge in [0.05, 0.1) is 11.3 Å². The van der Waals surface area contributed by atoms with Gasteiger partial charge in [0.25, 0.3) is 0 Å². The second-order valence-electron chi connectivity index (χ2n) is 6.04. The topological polar surface area (TPSA) is 37.4 Å². The lowest BCUT2D eigenvalue weighted by molar-refractivity contribution is 0.314. The van der Waals surface area contributed by atoms with Crippen LogP contribution in [0.15, 0.2) is 48.5 Å². The van der Waals surface area contributed by atoms with E-state index in [2.05, 4.69) is 53.0 Å². The van der Waals surface area contributed by atoms with Crippen molar-refractivity contribution in [1.82, 2.24) is 9.27 Å². The summed E-state index contributed by atoms with van der Waals surface area (Å²) in [7, 11) is 4.14. The average Bonchev–Trinajstić information content (AvgIpc) is 2.98. The van der Waals surface area contributed by atoms with Crippen molar-refractivity contribution in [2.45, 2.75) is 13.0 Å². The summed E-state index contributed by atoms with van der Waals surface area (Å²) in [4.78, 5) is 2.15. The molecule has 1 N–H and O–H groups in total. The SMILES string of the molecule is CN(C)Cc1cccc(OCCCNc2nsc3ccccc23)c1. The summed E-state index contributed by atoms with van der Waals surface area (Å²) in [5.74, 6) is 1.91. The molecule has 0 radical (unpaired) electrons. The van der Waals surface area contributed by atoms with Crippen LogP contribution < -0.4 is 10.1 Å². The van der Waals surface area contributed by atoms with Crippen LogP contribution in [-0.4, -0.2) is 36.5 Å². The predicted molar refractivity (Wildman–Crippen MR) is 102 cm³/mol. The lowest BCUT2D eigenvalue weighted by Crippen LogP contribution is -2.11. The Hall–Kier alpha value is -2.11. The third-order valence-corrected chi connectivity index (χ3v) is 4.48. The number of hydrogen-bond donors (Lipinski definition) is 1. The summed E-state index contributed by atoms with van der Waals surface area (Å²) >= 11 is 1.53. The van der Waals surface area contributed by atoms with E-state index < -0.39 is 0 Å². The van der Waals surface area contributed by atoms with Gasteiger partial charge in [-0.1, -0.05) is 24.3 Å². The Labute approximate surface area is 147 Å². The molecule has 24 heavy (non-hydrogen) atoms. The fourth-order valence-corrected chi connectivity index (χ4v) is 3.34. The molecule has 0 saturated heterocycles. The smallest absolute Gasteiger partial charge is 0.147 e. The van der Waals surface area contributed by atoms with E-state index in [0.29, 0.717) is 6.61 Å². The molecule has 0 bridgehead atoms. The summed E-state index contributed by atoms with van der Waals surface area (Å²) in [6, 6.07) is 16.6. The number of rotatable bonds is 8. The first-order valence-electron chi connectivity index (χ1n) is 8.17. The first-order chi connectivity index (χ1) is 11.7. The Morgan fingerprint density at radius 3 is 2.88 bits per heavy atom. The molecule has 0 aliphatic heterocycles. The number of anilines is 1. The lowest BCUT2D eigenvalue weighted by Gasteiger charge is -2.12. The van der Waals surface area contributed by atoms with Gasteiger partial charge in [-0.25, -0.2) is 0 Å². The molecule has 0 aliphatic carbocycles. The maximum Gasteiger partial charge on any atom is 0.147 e. The molecule has 0 fully saturated rings. The van der Waals surface area contributed by atoms with E-state index in [-0.39, 0.29) is 0 Å². The monoisotopic (exact) mass is 341 g/mol. The Kier molecular flexibility index (Phi) is 5.67. The molecule has 0 aliphatic rings. The van der Waals surface area contributed by atoms with Gasteiger partial charge < -0.3 is 15.0 Å². The van der Waals surface area contributed by atoms with E-state index in [1.807, 2.05) is 24.3 Å². The standard InChI is InChI=1S/C19H23N3OS/c1-22(2)14-15-7-5-8-16(13-15)23-12-6-11-20-19-17-9-3-4-10-18(17)24-21-19/h3-5,7-10,13H,6,11-12,14H2,1-2H3,(H,20,21). The molecular weight excluding hydrogens is 318 g/mol. The van der Waals surface area contributed by atoms with Gasteiger partial charge in [0.2, 0.25) is 0 Å². The average molecular weight is 341 g/mol. The molecule has 0 amide bonds. The quantitative estimate of drug-likeness (QED) is 0.622. The molecule has 126 valence electrons. The van der Waals surface area contributed by atoms with Gasteiger partial charge in [0.15, 0.2) is 0 Å². The van der Waals surface area contributed by atoms with Crippen LogP contribution in [0.4, 0.5) is 5.82 Å².